The Hall–Kier alpha value is -1.00. The molecule has 1 nitrogen and oxygen atoms in total. The second-order valence-corrected chi connectivity index (χ2v) is 4.04. The van der Waals surface area contributed by atoms with Gasteiger partial charge in [0, 0.05) is 5.02 Å². The van der Waals surface area contributed by atoms with Crippen molar-refractivity contribution in [1.29, 1.82) is 0 Å². The average Bonchev–Trinajstić information content (AvgIpc) is 2.87. The zero-order chi connectivity index (χ0) is 9.31. The van der Waals surface area contributed by atoms with Gasteiger partial charge in [-0.1, -0.05) is 23.7 Å². The van der Waals surface area contributed by atoms with E-state index in [-0.39, 0.29) is 5.41 Å². The van der Waals surface area contributed by atoms with Crippen molar-refractivity contribution in [2.45, 2.75) is 18.3 Å². The van der Waals surface area contributed by atoms with Crippen molar-refractivity contribution in [3.05, 3.63) is 46.3 Å². The van der Waals surface area contributed by atoms with Crippen LogP contribution >= 0.6 is 11.6 Å². The molecule has 66 valence electrons. The van der Waals surface area contributed by atoms with Crippen molar-refractivity contribution in [2.75, 3.05) is 6.54 Å². The summed E-state index contributed by atoms with van der Waals surface area (Å²) in [7, 11) is 0. The fourth-order valence-corrected chi connectivity index (χ4v) is 1.77. The lowest BCUT2D eigenvalue weighted by atomic mass is 9.96. The van der Waals surface area contributed by atoms with Gasteiger partial charge in [-0.25, -0.2) is 6.57 Å². The normalized spacial score (nSPS) is 17.8. The van der Waals surface area contributed by atoms with Crippen LogP contribution in [0, 0.1) is 6.57 Å². The molecule has 0 spiro atoms. The predicted molar refractivity (Wildman–Crippen MR) is 53.8 cm³/mol. The Morgan fingerprint density at radius 2 is 1.92 bits per heavy atom. The van der Waals surface area contributed by atoms with E-state index in [9.17, 15) is 0 Å². The lowest BCUT2D eigenvalue weighted by Crippen LogP contribution is -2.08. The van der Waals surface area contributed by atoms with E-state index in [1.165, 1.54) is 5.56 Å². The van der Waals surface area contributed by atoms with E-state index in [1.807, 2.05) is 24.3 Å². The number of halogens is 1. The summed E-state index contributed by atoms with van der Waals surface area (Å²) in [6.07, 6.45) is 2.30. The average molecular weight is 192 g/mol. The van der Waals surface area contributed by atoms with Gasteiger partial charge in [0.05, 0.1) is 5.41 Å². The molecule has 1 aliphatic carbocycles. The van der Waals surface area contributed by atoms with Crippen LogP contribution in [0.25, 0.3) is 4.85 Å². The highest BCUT2D eigenvalue weighted by Crippen LogP contribution is 2.48. The van der Waals surface area contributed by atoms with Crippen LogP contribution in [0.2, 0.25) is 5.02 Å². The summed E-state index contributed by atoms with van der Waals surface area (Å²) >= 11 is 5.80. The third kappa shape index (κ3) is 1.55. The van der Waals surface area contributed by atoms with Gasteiger partial charge in [0.1, 0.15) is 0 Å². The van der Waals surface area contributed by atoms with Gasteiger partial charge in [-0.3, -0.25) is 0 Å². The predicted octanol–water partition coefficient (Wildman–Crippen LogP) is 3.29. The number of rotatable bonds is 2. The minimum atomic E-state index is 0.173. The third-order valence-electron chi connectivity index (χ3n) is 2.69. The molecule has 13 heavy (non-hydrogen) atoms. The van der Waals surface area contributed by atoms with E-state index in [4.69, 9.17) is 18.2 Å². The summed E-state index contributed by atoms with van der Waals surface area (Å²) in [5.41, 5.74) is 1.44. The van der Waals surface area contributed by atoms with E-state index >= 15 is 0 Å². The van der Waals surface area contributed by atoms with Crippen LogP contribution in [-0.2, 0) is 5.41 Å². The molecule has 2 rings (SSSR count). The molecule has 1 fully saturated rings. The fourth-order valence-electron chi connectivity index (χ4n) is 1.64. The molecule has 0 saturated heterocycles. The van der Waals surface area contributed by atoms with Crippen LogP contribution in [0.3, 0.4) is 0 Å². The smallest absolute Gasteiger partial charge is 0.224 e. The van der Waals surface area contributed by atoms with E-state index in [2.05, 4.69) is 4.85 Å². The molecule has 0 radical (unpaired) electrons. The van der Waals surface area contributed by atoms with E-state index in [1.54, 1.807) is 0 Å². The number of benzene rings is 1. The minimum Gasteiger partial charge on any atom is -0.316 e. The first kappa shape index (κ1) is 8.59. The highest BCUT2D eigenvalue weighted by molar-refractivity contribution is 6.30. The maximum atomic E-state index is 6.89. The molecule has 0 amide bonds. The Morgan fingerprint density at radius 3 is 2.38 bits per heavy atom. The van der Waals surface area contributed by atoms with Gasteiger partial charge in [-0.05, 0) is 30.5 Å². The topological polar surface area (TPSA) is 4.36 Å². The van der Waals surface area contributed by atoms with Crippen LogP contribution < -0.4 is 0 Å². The molecule has 2 heteroatoms. The first-order valence-electron chi connectivity index (χ1n) is 4.36. The van der Waals surface area contributed by atoms with Gasteiger partial charge in [0.25, 0.3) is 0 Å². The van der Waals surface area contributed by atoms with E-state index in [0.717, 1.165) is 17.9 Å². The molecule has 0 bridgehead atoms. The van der Waals surface area contributed by atoms with Crippen molar-refractivity contribution in [1.82, 2.24) is 0 Å². The Kier molecular flexibility index (Phi) is 2.01. The number of nitrogens with zero attached hydrogens (tertiary/aromatic N) is 1. The standard InChI is InChI=1S/C11H10ClN/c1-13-8-11(6-7-11)9-2-4-10(12)5-3-9/h2-5H,6-8H2. The van der Waals surface area contributed by atoms with Gasteiger partial charge in [-0.15, -0.1) is 0 Å². The van der Waals surface area contributed by atoms with E-state index < -0.39 is 0 Å². The summed E-state index contributed by atoms with van der Waals surface area (Å²) in [5, 5.41) is 0.766. The van der Waals surface area contributed by atoms with Crippen LogP contribution in [0.5, 0.6) is 0 Å². The van der Waals surface area contributed by atoms with Crippen LogP contribution in [0.4, 0.5) is 0 Å². The summed E-state index contributed by atoms with van der Waals surface area (Å²) < 4.78 is 0. The monoisotopic (exact) mass is 191 g/mol. The molecule has 0 unspecified atom stereocenters. The van der Waals surface area contributed by atoms with Gasteiger partial charge in [-0.2, -0.15) is 0 Å². The molecule has 1 aromatic rings. The lowest BCUT2D eigenvalue weighted by Gasteiger charge is -2.07. The first-order chi connectivity index (χ1) is 6.27. The molecular formula is C11H10ClN. The van der Waals surface area contributed by atoms with Gasteiger partial charge in [0.15, 0.2) is 0 Å². The molecule has 0 atom stereocenters. The summed E-state index contributed by atoms with van der Waals surface area (Å²) in [5.74, 6) is 0. The molecule has 1 aromatic carbocycles. The first-order valence-corrected chi connectivity index (χ1v) is 4.74. The summed E-state index contributed by atoms with van der Waals surface area (Å²) in [6, 6.07) is 7.89. The zero-order valence-corrected chi connectivity index (χ0v) is 8.01. The van der Waals surface area contributed by atoms with Crippen molar-refractivity contribution in [3.8, 4) is 0 Å². The molecule has 1 aliphatic rings. The molecule has 0 N–H and O–H groups in total. The summed E-state index contributed by atoms with van der Waals surface area (Å²) in [4.78, 5) is 3.49. The Labute approximate surface area is 83.2 Å². The third-order valence-corrected chi connectivity index (χ3v) is 2.94. The Bertz CT molecular complexity index is 343. The quantitative estimate of drug-likeness (QED) is 0.632. The molecule has 0 heterocycles. The van der Waals surface area contributed by atoms with Crippen LogP contribution in [0.1, 0.15) is 18.4 Å². The molecule has 0 aliphatic heterocycles. The molecule has 1 saturated carbocycles. The SMILES string of the molecule is [C-]#[N+]CC1(c2ccc(Cl)cc2)CC1. The maximum absolute atomic E-state index is 6.89. The number of hydrogen-bond donors (Lipinski definition) is 0. The fraction of sp³-hybridized carbons (Fsp3) is 0.364. The minimum absolute atomic E-state index is 0.173. The maximum Gasteiger partial charge on any atom is 0.224 e. The Balaban J connectivity index is 2.26. The second-order valence-electron chi connectivity index (χ2n) is 3.60. The van der Waals surface area contributed by atoms with Gasteiger partial charge < -0.3 is 4.85 Å². The second kappa shape index (κ2) is 3.05. The molecule has 0 aromatic heterocycles. The van der Waals surface area contributed by atoms with Crippen molar-refractivity contribution >= 4 is 11.6 Å². The molecular weight excluding hydrogens is 182 g/mol. The summed E-state index contributed by atoms with van der Waals surface area (Å²) in [6.45, 7) is 7.51. The lowest BCUT2D eigenvalue weighted by molar-refractivity contribution is 0.758. The number of hydrogen-bond acceptors (Lipinski definition) is 0. The van der Waals surface area contributed by atoms with Crippen LogP contribution in [0.15, 0.2) is 24.3 Å². The van der Waals surface area contributed by atoms with Crippen molar-refractivity contribution in [3.63, 3.8) is 0 Å². The Morgan fingerprint density at radius 1 is 1.31 bits per heavy atom. The van der Waals surface area contributed by atoms with Crippen molar-refractivity contribution < 1.29 is 0 Å². The van der Waals surface area contributed by atoms with Crippen molar-refractivity contribution in [2.24, 2.45) is 0 Å². The highest BCUT2D eigenvalue weighted by Gasteiger charge is 2.47. The zero-order valence-electron chi connectivity index (χ0n) is 7.26. The largest absolute Gasteiger partial charge is 0.316 e. The van der Waals surface area contributed by atoms with Crippen LogP contribution in [-0.4, -0.2) is 6.54 Å². The van der Waals surface area contributed by atoms with Gasteiger partial charge in [0.2, 0.25) is 6.54 Å². The van der Waals surface area contributed by atoms with Gasteiger partial charge >= 0.3 is 0 Å². The highest BCUT2D eigenvalue weighted by atomic mass is 35.5. The van der Waals surface area contributed by atoms with E-state index in [0.29, 0.717) is 6.54 Å².